The molecule has 1 rings (SSSR count). The highest BCUT2D eigenvalue weighted by atomic mass is 16.1. The zero-order valence-corrected chi connectivity index (χ0v) is 8.46. The third-order valence-electron chi connectivity index (χ3n) is 1.88. The number of hydrogen-bond donors (Lipinski definition) is 1. The summed E-state index contributed by atoms with van der Waals surface area (Å²) in [4.78, 5) is 15.1. The molecule has 0 aliphatic rings. The molecule has 0 aliphatic heterocycles. The highest BCUT2D eigenvalue weighted by Gasteiger charge is 2.18. The molecule has 4 nitrogen and oxygen atoms in total. The number of hydrogen-bond acceptors (Lipinski definition) is 3. The quantitative estimate of drug-likeness (QED) is 0.646. The first-order valence-corrected chi connectivity index (χ1v) is 4.18. The molecule has 72 valence electrons. The van der Waals surface area contributed by atoms with Crippen LogP contribution in [0.2, 0.25) is 0 Å². The Morgan fingerprint density at radius 1 is 1.46 bits per heavy atom. The van der Waals surface area contributed by atoms with E-state index in [4.69, 9.17) is 5.73 Å². The summed E-state index contributed by atoms with van der Waals surface area (Å²) in [7, 11) is 0. The largest absolute Gasteiger partial charge is 0.385 e. The maximum absolute atomic E-state index is 11.4. The van der Waals surface area contributed by atoms with Crippen LogP contribution in [0.15, 0.2) is 11.0 Å². The van der Waals surface area contributed by atoms with Crippen molar-refractivity contribution in [3.63, 3.8) is 0 Å². The fourth-order valence-corrected chi connectivity index (χ4v) is 1.20. The van der Waals surface area contributed by atoms with E-state index >= 15 is 0 Å². The molecular formula is C9H15N3O. The lowest BCUT2D eigenvalue weighted by Gasteiger charge is -2.24. The molecule has 0 unspecified atom stereocenters. The van der Waals surface area contributed by atoms with Gasteiger partial charge in [0.1, 0.15) is 5.82 Å². The van der Waals surface area contributed by atoms with E-state index in [0.717, 1.165) is 5.56 Å². The van der Waals surface area contributed by atoms with Crippen LogP contribution in [0.3, 0.4) is 0 Å². The number of aryl methyl sites for hydroxylation is 1. The molecule has 0 atom stereocenters. The van der Waals surface area contributed by atoms with Gasteiger partial charge in [-0.1, -0.05) is 0 Å². The first-order chi connectivity index (χ1) is 5.84. The molecule has 1 heterocycles. The third kappa shape index (κ3) is 1.71. The highest BCUT2D eigenvalue weighted by Crippen LogP contribution is 2.16. The lowest BCUT2D eigenvalue weighted by Crippen LogP contribution is -2.37. The van der Waals surface area contributed by atoms with Crippen molar-refractivity contribution in [1.82, 2.24) is 9.55 Å². The normalized spacial score (nSPS) is 11.7. The topological polar surface area (TPSA) is 60.9 Å². The van der Waals surface area contributed by atoms with Gasteiger partial charge in [0.25, 0.3) is 0 Å². The van der Waals surface area contributed by atoms with Crippen molar-refractivity contribution in [3.8, 4) is 0 Å². The Kier molecular flexibility index (Phi) is 2.15. The summed E-state index contributed by atoms with van der Waals surface area (Å²) in [6.45, 7) is 7.60. The fraction of sp³-hybridized carbons (Fsp3) is 0.556. The van der Waals surface area contributed by atoms with Crippen molar-refractivity contribution < 1.29 is 0 Å². The average molecular weight is 181 g/mol. The van der Waals surface area contributed by atoms with Gasteiger partial charge in [-0.3, -0.25) is 4.57 Å². The molecule has 0 bridgehead atoms. The Labute approximate surface area is 77.4 Å². The molecule has 0 fully saturated rings. The van der Waals surface area contributed by atoms with Gasteiger partial charge in [0, 0.05) is 17.3 Å². The smallest absolute Gasteiger partial charge is 0.349 e. The predicted molar refractivity (Wildman–Crippen MR) is 52.6 cm³/mol. The molecule has 1 aromatic rings. The SMILES string of the molecule is Cc1cnc(=O)n(C(C)(C)C)c1N. The fourth-order valence-electron chi connectivity index (χ4n) is 1.20. The summed E-state index contributed by atoms with van der Waals surface area (Å²) in [6, 6.07) is 0. The van der Waals surface area contributed by atoms with E-state index in [-0.39, 0.29) is 11.2 Å². The van der Waals surface area contributed by atoms with Crippen LogP contribution in [-0.2, 0) is 5.54 Å². The Morgan fingerprint density at radius 3 is 2.38 bits per heavy atom. The van der Waals surface area contributed by atoms with Crippen LogP contribution in [-0.4, -0.2) is 9.55 Å². The van der Waals surface area contributed by atoms with Gasteiger partial charge in [-0.15, -0.1) is 0 Å². The van der Waals surface area contributed by atoms with E-state index in [2.05, 4.69) is 4.98 Å². The Hall–Kier alpha value is -1.32. The van der Waals surface area contributed by atoms with Gasteiger partial charge in [0.2, 0.25) is 0 Å². The van der Waals surface area contributed by atoms with E-state index in [1.807, 2.05) is 27.7 Å². The maximum atomic E-state index is 11.4. The van der Waals surface area contributed by atoms with Crippen LogP contribution in [0.1, 0.15) is 26.3 Å². The second-order valence-electron chi connectivity index (χ2n) is 4.12. The van der Waals surface area contributed by atoms with Gasteiger partial charge in [0.05, 0.1) is 0 Å². The van der Waals surface area contributed by atoms with Gasteiger partial charge in [0.15, 0.2) is 0 Å². The number of nitrogens with two attached hydrogens (primary N) is 1. The third-order valence-corrected chi connectivity index (χ3v) is 1.88. The molecule has 0 aliphatic carbocycles. The lowest BCUT2D eigenvalue weighted by molar-refractivity contribution is 0.383. The predicted octanol–water partition coefficient (Wildman–Crippen LogP) is 0.889. The lowest BCUT2D eigenvalue weighted by atomic mass is 10.1. The van der Waals surface area contributed by atoms with Crippen molar-refractivity contribution in [1.29, 1.82) is 0 Å². The van der Waals surface area contributed by atoms with Gasteiger partial charge in [-0.05, 0) is 27.7 Å². The molecule has 0 saturated heterocycles. The molecule has 2 N–H and O–H groups in total. The first-order valence-electron chi connectivity index (χ1n) is 4.18. The minimum atomic E-state index is -0.319. The Morgan fingerprint density at radius 2 is 2.00 bits per heavy atom. The van der Waals surface area contributed by atoms with Crippen LogP contribution < -0.4 is 11.4 Å². The molecule has 0 spiro atoms. The van der Waals surface area contributed by atoms with Crippen molar-refractivity contribution in [2.45, 2.75) is 33.2 Å². The van der Waals surface area contributed by atoms with E-state index in [1.165, 1.54) is 10.8 Å². The van der Waals surface area contributed by atoms with Gasteiger partial charge in [-0.25, -0.2) is 9.78 Å². The maximum Gasteiger partial charge on any atom is 0.349 e. The summed E-state index contributed by atoms with van der Waals surface area (Å²) in [5, 5.41) is 0. The Balaban J connectivity index is 3.53. The van der Waals surface area contributed by atoms with E-state index < -0.39 is 0 Å². The minimum absolute atomic E-state index is 0.296. The monoisotopic (exact) mass is 181 g/mol. The molecule has 13 heavy (non-hydrogen) atoms. The number of rotatable bonds is 0. The highest BCUT2D eigenvalue weighted by molar-refractivity contribution is 5.37. The minimum Gasteiger partial charge on any atom is -0.385 e. The molecule has 4 heteroatoms. The first kappa shape index (κ1) is 9.77. The van der Waals surface area contributed by atoms with Crippen LogP contribution in [0.25, 0.3) is 0 Å². The zero-order chi connectivity index (χ0) is 10.2. The van der Waals surface area contributed by atoms with Gasteiger partial charge < -0.3 is 5.73 Å². The molecular weight excluding hydrogens is 166 g/mol. The zero-order valence-electron chi connectivity index (χ0n) is 8.46. The number of nitrogens with zero attached hydrogens (tertiary/aromatic N) is 2. The van der Waals surface area contributed by atoms with E-state index in [1.54, 1.807) is 0 Å². The molecule has 1 aromatic heterocycles. The number of nitrogen functional groups attached to an aromatic ring is 1. The van der Waals surface area contributed by atoms with E-state index in [0.29, 0.717) is 5.82 Å². The molecule has 0 radical (unpaired) electrons. The molecule has 0 saturated carbocycles. The van der Waals surface area contributed by atoms with Gasteiger partial charge in [-0.2, -0.15) is 0 Å². The average Bonchev–Trinajstić information content (AvgIpc) is 1.95. The van der Waals surface area contributed by atoms with E-state index in [9.17, 15) is 4.79 Å². The molecule has 0 amide bonds. The van der Waals surface area contributed by atoms with Gasteiger partial charge >= 0.3 is 5.69 Å². The van der Waals surface area contributed by atoms with Crippen LogP contribution in [0.4, 0.5) is 5.82 Å². The standard InChI is InChI=1S/C9H15N3O/c1-6-5-11-8(13)12(7(6)10)9(2,3)4/h5H,10H2,1-4H3. The molecule has 0 aromatic carbocycles. The summed E-state index contributed by atoms with van der Waals surface area (Å²) < 4.78 is 1.50. The Bertz CT molecular complexity index is 373. The number of aromatic nitrogens is 2. The van der Waals surface area contributed by atoms with Crippen LogP contribution >= 0.6 is 0 Å². The summed E-state index contributed by atoms with van der Waals surface area (Å²) in [5.41, 5.74) is 6.01. The van der Waals surface area contributed by atoms with Crippen LogP contribution in [0, 0.1) is 6.92 Å². The summed E-state index contributed by atoms with van der Waals surface area (Å²) in [6.07, 6.45) is 1.50. The van der Waals surface area contributed by atoms with Crippen LogP contribution in [0.5, 0.6) is 0 Å². The van der Waals surface area contributed by atoms with Crippen molar-refractivity contribution in [3.05, 3.63) is 22.2 Å². The van der Waals surface area contributed by atoms with Crippen molar-refractivity contribution in [2.24, 2.45) is 0 Å². The summed E-state index contributed by atoms with van der Waals surface area (Å²) in [5.74, 6) is 0.493. The second-order valence-corrected chi connectivity index (χ2v) is 4.12. The summed E-state index contributed by atoms with van der Waals surface area (Å²) >= 11 is 0. The number of anilines is 1. The van der Waals surface area contributed by atoms with Crippen molar-refractivity contribution in [2.75, 3.05) is 5.73 Å². The second kappa shape index (κ2) is 2.87. The van der Waals surface area contributed by atoms with Crippen molar-refractivity contribution >= 4 is 5.82 Å².